The maximum Gasteiger partial charge on any atom is 0.203 e. The summed E-state index contributed by atoms with van der Waals surface area (Å²) in [6.45, 7) is 2.71. The molecule has 0 aliphatic carbocycles. The number of nitrogens with one attached hydrogen (secondary N) is 1. The second kappa shape index (κ2) is 7.55. The van der Waals surface area contributed by atoms with Gasteiger partial charge in [0.2, 0.25) is 5.75 Å². The standard InChI is InChI=1S/C15H21NO3/c1-6-7-11(2)16-10-12-8-9-13(17-3)15(19-5)14(12)18-4/h1,8-9,11,16H,7,10H2,2-5H3. The molecule has 0 aliphatic heterocycles. The Morgan fingerprint density at radius 1 is 1.16 bits per heavy atom. The Morgan fingerprint density at radius 3 is 2.37 bits per heavy atom. The number of hydrogen-bond acceptors (Lipinski definition) is 4. The lowest BCUT2D eigenvalue weighted by Gasteiger charge is -2.17. The van der Waals surface area contributed by atoms with E-state index in [2.05, 4.69) is 11.2 Å². The summed E-state index contributed by atoms with van der Waals surface area (Å²) in [5.41, 5.74) is 1.00. The van der Waals surface area contributed by atoms with Crippen molar-refractivity contribution in [1.82, 2.24) is 5.32 Å². The van der Waals surface area contributed by atoms with E-state index in [-0.39, 0.29) is 6.04 Å². The Kier molecular flexibility index (Phi) is 6.04. The van der Waals surface area contributed by atoms with Gasteiger partial charge in [-0.25, -0.2) is 0 Å². The van der Waals surface area contributed by atoms with Crippen molar-refractivity contribution in [3.63, 3.8) is 0 Å². The van der Waals surface area contributed by atoms with Crippen molar-refractivity contribution >= 4 is 0 Å². The summed E-state index contributed by atoms with van der Waals surface area (Å²) in [4.78, 5) is 0. The minimum atomic E-state index is 0.253. The largest absolute Gasteiger partial charge is 0.493 e. The first-order chi connectivity index (χ1) is 9.17. The third-order valence-electron chi connectivity index (χ3n) is 2.85. The molecule has 1 rings (SSSR count). The van der Waals surface area contributed by atoms with E-state index in [4.69, 9.17) is 20.6 Å². The van der Waals surface area contributed by atoms with Gasteiger partial charge in [0.05, 0.1) is 21.3 Å². The molecule has 1 unspecified atom stereocenters. The molecule has 0 heterocycles. The molecule has 19 heavy (non-hydrogen) atoms. The molecule has 0 fully saturated rings. The first kappa shape index (κ1) is 15.2. The Labute approximate surface area is 115 Å². The van der Waals surface area contributed by atoms with Gasteiger partial charge in [-0.15, -0.1) is 12.3 Å². The summed E-state index contributed by atoms with van der Waals surface area (Å²) in [5, 5.41) is 3.34. The minimum absolute atomic E-state index is 0.253. The predicted molar refractivity (Wildman–Crippen MR) is 75.8 cm³/mol. The van der Waals surface area contributed by atoms with E-state index in [1.165, 1.54) is 0 Å². The van der Waals surface area contributed by atoms with E-state index >= 15 is 0 Å². The summed E-state index contributed by atoms with van der Waals surface area (Å²) >= 11 is 0. The quantitative estimate of drug-likeness (QED) is 0.766. The highest BCUT2D eigenvalue weighted by Gasteiger charge is 2.15. The zero-order valence-electron chi connectivity index (χ0n) is 11.9. The topological polar surface area (TPSA) is 39.7 Å². The van der Waals surface area contributed by atoms with Crippen LogP contribution in [0.15, 0.2) is 12.1 Å². The summed E-state index contributed by atoms with van der Waals surface area (Å²) < 4.78 is 16.0. The summed E-state index contributed by atoms with van der Waals surface area (Å²) in [5.74, 6) is 4.58. The highest BCUT2D eigenvalue weighted by Crippen LogP contribution is 2.39. The normalized spacial score (nSPS) is 11.5. The van der Waals surface area contributed by atoms with Crippen LogP contribution >= 0.6 is 0 Å². The smallest absolute Gasteiger partial charge is 0.203 e. The average molecular weight is 263 g/mol. The van der Waals surface area contributed by atoms with Crippen LogP contribution in [0.1, 0.15) is 18.9 Å². The van der Waals surface area contributed by atoms with Crippen LogP contribution in [0.2, 0.25) is 0 Å². The number of rotatable bonds is 7. The van der Waals surface area contributed by atoms with Crippen molar-refractivity contribution in [2.45, 2.75) is 25.9 Å². The van der Waals surface area contributed by atoms with Gasteiger partial charge < -0.3 is 19.5 Å². The second-order valence-electron chi connectivity index (χ2n) is 4.18. The Balaban J connectivity index is 2.92. The van der Waals surface area contributed by atoms with E-state index < -0.39 is 0 Å². The van der Waals surface area contributed by atoms with Crippen molar-refractivity contribution in [3.8, 4) is 29.6 Å². The first-order valence-corrected chi connectivity index (χ1v) is 6.12. The molecule has 4 nitrogen and oxygen atoms in total. The highest BCUT2D eigenvalue weighted by atomic mass is 16.5. The third kappa shape index (κ3) is 3.80. The third-order valence-corrected chi connectivity index (χ3v) is 2.85. The van der Waals surface area contributed by atoms with Crippen molar-refractivity contribution in [3.05, 3.63) is 17.7 Å². The fourth-order valence-corrected chi connectivity index (χ4v) is 1.84. The van der Waals surface area contributed by atoms with Gasteiger partial charge in [0.1, 0.15) is 0 Å². The molecular formula is C15H21NO3. The molecule has 0 spiro atoms. The van der Waals surface area contributed by atoms with E-state index in [0.29, 0.717) is 30.2 Å². The van der Waals surface area contributed by atoms with Gasteiger partial charge in [0.25, 0.3) is 0 Å². The van der Waals surface area contributed by atoms with Crippen molar-refractivity contribution in [1.29, 1.82) is 0 Å². The zero-order valence-corrected chi connectivity index (χ0v) is 11.9. The fourth-order valence-electron chi connectivity index (χ4n) is 1.84. The van der Waals surface area contributed by atoms with E-state index in [1.54, 1.807) is 21.3 Å². The monoisotopic (exact) mass is 263 g/mol. The lowest BCUT2D eigenvalue weighted by atomic mass is 10.1. The van der Waals surface area contributed by atoms with Crippen molar-refractivity contribution in [2.75, 3.05) is 21.3 Å². The molecular weight excluding hydrogens is 242 g/mol. The van der Waals surface area contributed by atoms with Gasteiger partial charge >= 0.3 is 0 Å². The molecule has 1 atom stereocenters. The fraction of sp³-hybridized carbons (Fsp3) is 0.467. The van der Waals surface area contributed by atoms with E-state index in [0.717, 1.165) is 5.56 Å². The molecule has 0 radical (unpaired) electrons. The van der Waals surface area contributed by atoms with Crippen LogP contribution < -0.4 is 19.5 Å². The average Bonchev–Trinajstić information content (AvgIpc) is 2.43. The molecule has 1 aromatic rings. The van der Waals surface area contributed by atoms with Crippen LogP contribution in [0.25, 0.3) is 0 Å². The maximum atomic E-state index is 5.42. The Hall–Kier alpha value is -1.86. The maximum absolute atomic E-state index is 5.42. The molecule has 0 saturated heterocycles. The van der Waals surface area contributed by atoms with Crippen molar-refractivity contribution < 1.29 is 14.2 Å². The number of benzene rings is 1. The van der Waals surface area contributed by atoms with Gasteiger partial charge in [0, 0.05) is 24.6 Å². The van der Waals surface area contributed by atoms with Crippen LogP contribution in [0.4, 0.5) is 0 Å². The van der Waals surface area contributed by atoms with Crippen LogP contribution in [0.3, 0.4) is 0 Å². The van der Waals surface area contributed by atoms with E-state index in [9.17, 15) is 0 Å². The lowest BCUT2D eigenvalue weighted by molar-refractivity contribution is 0.321. The summed E-state index contributed by atoms with van der Waals surface area (Å²) in [7, 11) is 4.81. The van der Waals surface area contributed by atoms with Crippen molar-refractivity contribution in [2.24, 2.45) is 0 Å². The summed E-state index contributed by atoms with van der Waals surface area (Å²) in [6.07, 6.45) is 5.98. The van der Waals surface area contributed by atoms with Gasteiger partial charge in [-0.1, -0.05) is 6.07 Å². The first-order valence-electron chi connectivity index (χ1n) is 6.12. The van der Waals surface area contributed by atoms with Gasteiger partial charge in [-0.05, 0) is 13.0 Å². The second-order valence-corrected chi connectivity index (χ2v) is 4.18. The number of terminal acetylenes is 1. The number of hydrogen-bond donors (Lipinski definition) is 1. The van der Waals surface area contributed by atoms with Gasteiger partial charge in [0.15, 0.2) is 11.5 Å². The van der Waals surface area contributed by atoms with Crippen LogP contribution in [0, 0.1) is 12.3 Å². The lowest BCUT2D eigenvalue weighted by Crippen LogP contribution is -2.25. The molecule has 1 N–H and O–H groups in total. The number of ether oxygens (including phenoxy) is 3. The van der Waals surface area contributed by atoms with Crippen LogP contribution in [-0.2, 0) is 6.54 Å². The molecule has 0 amide bonds. The van der Waals surface area contributed by atoms with Crippen LogP contribution in [-0.4, -0.2) is 27.4 Å². The molecule has 4 heteroatoms. The van der Waals surface area contributed by atoms with Crippen LogP contribution in [0.5, 0.6) is 17.2 Å². The van der Waals surface area contributed by atoms with Gasteiger partial charge in [-0.3, -0.25) is 0 Å². The Bertz CT molecular complexity index is 451. The molecule has 0 aliphatic rings. The molecule has 0 saturated carbocycles. The summed E-state index contributed by atoms with van der Waals surface area (Å²) in [6, 6.07) is 4.07. The molecule has 0 bridgehead atoms. The number of methoxy groups -OCH3 is 3. The van der Waals surface area contributed by atoms with E-state index in [1.807, 2.05) is 19.1 Å². The molecule has 1 aromatic carbocycles. The predicted octanol–water partition coefficient (Wildman–Crippen LogP) is 2.21. The minimum Gasteiger partial charge on any atom is -0.493 e. The molecule has 104 valence electrons. The van der Waals surface area contributed by atoms with Gasteiger partial charge in [-0.2, -0.15) is 0 Å². The highest BCUT2D eigenvalue weighted by molar-refractivity contribution is 5.55. The zero-order chi connectivity index (χ0) is 14.3. The SMILES string of the molecule is C#CCC(C)NCc1ccc(OC)c(OC)c1OC. The Morgan fingerprint density at radius 2 is 1.84 bits per heavy atom. The molecule has 0 aromatic heterocycles.